The second-order valence-electron chi connectivity index (χ2n) is 5.13. The van der Waals surface area contributed by atoms with Crippen LogP contribution in [0.15, 0.2) is 47.1 Å². The highest BCUT2D eigenvalue weighted by molar-refractivity contribution is 14.1. The minimum absolute atomic E-state index is 0.153. The fourth-order valence-electron chi connectivity index (χ4n) is 2.62. The zero-order chi connectivity index (χ0) is 15.5. The van der Waals surface area contributed by atoms with Crippen molar-refractivity contribution < 1.29 is 14.0 Å². The summed E-state index contributed by atoms with van der Waals surface area (Å²) >= 11 is 2.19. The molecule has 2 amide bonds. The molecular formula is C16H15IN2O3. The summed E-state index contributed by atoms with van der Waals surface area (Å²) in [5.41, 5.74) is 0.745. The van der Waals surface area contributed by atoms with Gasteiger partial charge in [-0.2, -0.15) is 0 Å². The first-order valence-corrected chi connectivity index (χ1v) is 8.14. The Bertz CT molecular complexity index is 684. The van der Waals surface area contributed by atoms with Crippen molar-refractivity contribution in [3.63, 3.8) is 0 Å². The molecule has 1 aliphatic heterocycles. The minimum Gasteiger partial charge on any atom is -0.459 e. The van der Waals surface area contributed by atoms with E-state index in [1.54, 1.807) is 17.0 Å². The summed E-state index contributed by atoms with van der Waals surface area (Å²) in [7, 11) is 0. The van der Waals surface area contributed by atoms with Gasteiger partial charge in [-0.3, -0.25) is 9.59 Å². The van der Waals surface area contributed by atoms with Crippen LogP contribution in [0.1, 0.15) is 23.4 Å². The van der Waals surface area contributed by atoms with Crippen molar-refractivity contribution in [2.75, 3.05) is 11.9 Å². The van der Waals surface area contributed by atoms with Crippen molar-refractivity contribution in [1.82, 2.24) is 4.90 Å². The Labute approximate surface area is 141 Å². The summed E-state index contributed by atoms with van der Waals surface area (Å²) in [4.78, 5) is 26.4. The van der Waals surface area contributed by atoms with E-state index in [9.17, 15) is 9.59 Å². The summed E-state index contributed by atoms with van der Waals surface area (Å²) in [5, 5.41) is 2.89. The molecule has 0 radical (unpaired) electrons. The van der Waals surface area contributed by atoms with Crippen LogP contribution < -0.4 is 5.32 Å². The molecule has 1 atom stereocenters. The molecular weight excluding hydrogens is 395 g/mol. The van der Waals surface area contributed by atoms with Crippen LogP contribution in [0.5, 0.6) is 0 Å². The Hall–Kier alpha value is -1.83. The van der Waals surface area contributed by atoms with Crippen molar-refractivity contribution in [3.8, 4) is 0 Å². The quantitative estimate of drug-likeness (QED) is 0.792. The van der Waals surface area contributed by atoms with Gasteiger partial charge in [0.05, 0.1) is 6.26 Å². The predicted octanol–water partition coefficient (Wildman–Crippen LogP) is 3.13. The van der Waals surface area contributed by atoms with E-state index in [1.807, 2.05) is 24.3 Å². The molecule has 1 fully saturated rings. The summed E-state index contributed by atoms with van der Waals surface area (Å²) in [6, 6.07) is 10.4. The third kappa shape index (κ3) is 3.16. The predicted molar refractivity (Wildman–Crippen MR) is 90.6 cm³/mol. The fourth-order valence-corrected chi connectivity index (χ4v) is 3.16. The number of halogens is 1. The molecule has 22 heavy (non-hydrogen) atoms. The molecule has 0 spiro atoms. The number of anilines is 1. The molecule has 0 bridgehead atoms. The number of furan rings is 1. The Morgan fingerprint density at radius 1 is 1.27 bits per heavy atom. The number of nitrogens with one attached hydrogen (secondary N) is 1. The van der Waals surface area contributed by atoms with Gasteiger partial charge in [-0.1, -0.05) is 6.07 Å². The van der Waals surface area contributed by atoms with E-state index in [2.05, 4.69) is 27.9 Å². The molecule has 2 aromatic rings. The number of rotatable bonds is 3. The Balaban J connectivity index is 1.72. The van der Waals surface area contributed by atoms with Gasteiger partial charge in [0.25, 0.3) is 5.91 Å². The smallest absolute Gasteiger partial charge is 0.290 e. The van der Waals surface area contributed by atoms with Crippen LogP contribution in [0.2, 0.25) is 0 Å². The molecule has 6 heteroatoms. The summed E-state index contributed by atoms with van der Waals surface area (Å²) in [5.74, 6) is -0.112. The van der Waals surface area contributed by atoms with E-state index in [4.69, 9.17) is 4.42 Å². The Morgan fingerprint density at radius 2 is 2.14 bits per heavy atom. The van der Waals surface area contributed by atoms with Gasteiger partial charge in [0.2, 0.25) is 5.91 Å². The van der Waals surface area contributed by atoms with Crippen molar-refractivity contribution in [2.24, 2.45) is 0 Å². The maximum absolute atomic E-state index is 12.5. The van der Waals surface area contributed by atoms with Gasteiger partial charge in [-0.05, 0) is 65.8 Å². The average Bonchev–Trinajstić information content (AvgIpc) is 3.18. The first-order valence-electron chi connectivity index (χ1n) is 7.06. The number of benzene rings is 1. The lowest BCUT2D eigenvalue weighted by Crippen LogP contribution is -2.43. The number of hydrogen-bond donors (Lipinski definition) is 1. The van der Waals surface area contributed by atoms with Crippen LogP contribution in [0.25, 0.3) is 0 Å². The monoisotopic (exact) mass is 410 g/mol. The van der Waals surface area contributed by atoms with Gasteiger partial charge in [-0.25, -0.2) is 0 Å². The third-order valence-corrected chi connectivity index (χ3v) is 4.31. The standard InChI is InChI=1S/C16H15IN2O3/c17-11-4-1-5-12(10-11)18-15(20)13-6-2-8-19(13)16(21)14-7-3-9-22-14/h1,3-5,7,9-10,13H,2,6,8H2,(H,18,20). The van der Waals surface area contributed by atoms with Crippen molar-refractivity contribution in [2.45, 2.75) is 18.9 Å². The molecule has 1 aromatic carbocycles. The maximum atomic E-state index is 12.5. The summed E-state index contributed by atoms with van der Waals surface area (Å²) < 4.78 is 6.19. The molecule has 1 unspecified atom stereocenters. The number of nitrogens with zero attached hydrogens (tertiary/aromatic N) is 1. The summed E-state index contributed by atoms with van der Waals surface area (Å²) in [6.07, 6.45) is 2.95. The van der Waals surface area contributed by atoms with Crippen molar-refractivity contribution >= 4 is 40.1 Å². The van der Waals surface area contributed by atoms with Crippen LogP contribution in [-0.2, 0) is 4.79 Å². The van der Waals surface area contributed by atoms with E-state index < -0.39 is 6.04 Å². The van der Waals surface area contributed by atoms with Gasteiger partial charge in [0, 0.05) is 15.8 Å². The van der Waals surface area contributed by atoms with Crippen LogP contribution in [0.3, 0.4) is 0 Å². The van der Waals surface area contributed by atoms with E-state index in [0.717, 1.165) is 15.7 Å². The average molecular weight is 410 g/mol. The molecule has 1 saturated heterocycles. The zero-order valence-electron chi connectivity index (χ0n) is 11.8. The van der Waals surface area contributed by atoms with Gasteiger partial charge in [-0.15, -0.1) is 0 Å². The molecule has 0 aliphatic carbocycles. The zero-order valence-corrected chi connectivity index (χ0v) is 13.9. The van der Waals surface area contributed by atoms with Crippen LogP contribution in [0.4, 0.5) is 5.69 Å². The highest BCUT2D eigenvalue weighted by atomic mass is 127. The topological polar surface area (TPSA) is 62.6 Å². The van der Waals surface area contributed by atoms with Gasteiger partial charge in [0.1, 0.15) is 6.04 Å². The SMILES string of the molecule is O=C(Nc1cccc(I)c1)C1CCCN1C(=O)c1ccco1. The number of likely N-dealkylation sites (tertiary alicyclic amines) is 1. The molecule has 5 nitrogen and oxygen atoms in total. The number of hydrogen-bond acceptors (Lipinski definition) is 3. The van der Waals surface area contributed by atoms with Crippen LogP contribution in [0, 0.1) is 3.57 Å². The van der Waals surface area contributed by atoms with Gasteiger partial charge in [0.15, 0.2) is 5.76 Å². The second-order valence-corrected chi connectivity index (χ2v) is 6.38. The number of carbonyl (C=O) groups excluding carboxylic acids is 2. The van der Waals surface area contributed by atoms with Gasteiger partial charge >= 0.3 is 0 Å². The minimum atomic E-state index is -0.449. The normalized spacial score (nSPS) is 17.5. The lowest BCUT2D eigenvalue weighted by atomic mass is 10.2. The number of amides is 2. The lowest BCUT2D eigenvalue weighted by molar-refractivity contribution is -0.119. The third-order valence-electron chi connectivity index (χ3n) is 3.64. The van der Waals surface area contributed by atoms with E-state index in [1.165, 1.54) is 6.26 Å². The molecule has 3 rings (SSSR count). The molecule has 1 aromatic heterocycles. The van der Waals surface area contributed by atoms with Crippen molar-refractivity contribution in [3.05, 3.63) is 52.0 Å². The molecule has 2 heterocycles. The first-order chi connectivity index (χ1) is 10.6. The maximum Gasteiger partial charge on any atom is 0.290 e. The fraction of sp³-hybridized carbons (Fsp3) is 0.250. The Kier molecular flexibility index (Phi) is 4.47. The highest BCUT2D eigenvalue weighted by Gasteiger charge is 2.35. The first kappa shape index (κ1) is 15.1. The second kappa shape index (κ2) is 6.51. The van der Waals surface area contributed by atoms with Crippen LogP contribution >= 0.6 is 22.6 Å². The number of carbonyl (C=O) groups is 2. The molecule has 1 N–H and O–H groups in total. The van der Waals surface area contributed by atoms with Crippen LogP contribution in [-0.4, -0.2) is 29.3 Å². The lowest BCUT2D eigenvalue weighted by Gasteiger charge is -2.23. The van der Waals surface area contributed by atoms with E-state index in [0.29, 0.717) is 13.0 Å². The van der Waals surface area contributed by atoms with E-state index >= 15 is 0 Å². The molecule has 114 valence electrons. The Morgan fingerprint density at radius 3 is 2.86 bits per heavy atom. The van der Waals surface area contributed by atoms with Gasteiger partial charge < -0.3 is 14.6 Å². The highest BCUT2D eigenvalue weighted by Crippen LogP contribution is 2.22. The van der Waals surface area contributed by atoms with Crippen molar-refractivity contribution in [1.29, 1.82) is 0 Å². The summed E-state index contributed by atoms with van der Waals surface area (Å²) in [6.45, 7) is 0.573. The molecule has 1 aliphatic rings. The van der Waals surface area contributed by atoms with E-state index in [-0.39, 0.29) is 17.6 Å². The molecule has 0 saturated carbocycles. The largest absolute Gasteiger partial charge is 0.459 e.